The van der Waals surface area contributed by atoms with Gasteiger partial charge in [0.05, 0.1) is 17.1 Å². The number of allylic oxidation sites excluding steroid dienone is 2. The van der Waals surface area contributed by atoms with E-state index in [1.807, 2.05) is 24.9 Å². The van der Waals surface area contributed by atoms with Crippen molar-refractivity contribution in [1.82, 2.24) is 9.88 Å². The number of nitriles is 1. The molecule has 0 aliphatic carbocycles. The molecule has 1 aromatic carbocycles. The normalized spacial score (nSPS) is 17.2. The van der Waals surface area contributed by atoms with Crippen LogP contribution in [-0.2, 0) is 0 Å². The maximum atomic E-state index is 13.5. The Bertz CT molecular complexity index is 1300. The lowest BCUT2D eigenvalue weighted by atomic mass is 10.1. The molecular weight excluding hydrogens is 483 g/mol. The van der Waals surface area contributed by atoms with Crippen molar-refractivity contribution in [3.05, 3.63) is 70.8 Å². The minimum absolute atomic E-state index is 0.326. The van der Waals surface area contributed by atoms with Crippen LogP contribution >= 0.6 is 11.3 Å². The van der Waals surface area contributed by atoms with Crippen molar-refractivity contribution in [2.75, 3.05) is 25.0 Å². The molecule has 0 spiro atoms. The molecule has 1 fully saturated rings. The first-order valence-corrected chi connectivity index (χ1v) is 13.7. The molecule has 6 nitrogen and oxygen atoms in total. The predicted molar refractivity (Wildman–Crippen MR) is 151 cm³/mol. The summed E-state index contributed by atoms with van der Waals surface area (Å²) in [6, 6.07) is 8.30. The molecule has 4 rings (SSSR count). The Labute approximate surface area is 222 Å². The van der Waals surface area contributed by atoms with Crippen LogP contribution in [0.3, 0.4) is 0 Å². The second-order valence-corrected chi connectivity index (χ2v) is 10.1. The van der Waals surface area contributed by atoms with E-state index in [2.05, 4.69) is 30.5 Å². The fourth-order valence-corrected chi connectivity index (χ4v) is 5.49. The summed E-state index contributed by atoms with van der Waals surface area (Å²) in [7, 11) is 1.93. The minimum atomic E-state index is -0.326. The maximum Gasteiger partial charge on any atom is 0.191 e. The lowest BCUT2D eigenvalue weighted by Crippen LogP contribution is -2.33. The highest BCUT2D eigenvalue weighted by Gasteiger charge is 2.29. The zero-order valence-corrected chi connectivity index (χ0v) is 22.6. The molecule has 0 bridgehead atoms. The Kier molecular flexibility index (Phi) is 8.67. The van der Waals surface area contributed by atoms with Crippen molar-refractivity contribution < 1.29 is 4.39 Å². The number of rotatable bonds is 6. The van der Waals surface area contributed by atoms with Gasteiger partial charge in [-0.15, -0.1) is 0 Å². The van der Waals surface area contributed by atoms with Crippen LogP contribution in [0.4, 0.5) is 9.52 Å². The number of halogens is 1. The highest BCUT2D eigenvalue weighted by atomic mass is 32.1. The molecule has 1 aromatic heterocycles. The standard InChI is InChI=1S/C29H33FN6S/c1-5-12-25(36-17-10-8-7-9-11-18-36)33-26-20(3)32-23(6-2)28(26)35(4)29-34-27(24(19-31)37-29)21-13-15-22(30)16-14-21/h5,12-16H,3,6-11,17-18H2,1-2,4H3/b12-5-,33-25?. The van der Waals surface area contributed by atoms with Gasteiger partial charge in [-0.3, -0.25) is 0 Å². The molecule has 1 saturated heterocycles. The molecular formula is C29H33FN6S. The van der Waals surface area contributed by atoms with Gasteiger partial charge in [-0.2, -0.15) is 5.26 Å². The van der Waals surface area contributed by atoms with Crippen molar-refractivity contribution in [2.24, 2.45) is 9.98 Å². The third-order valence-electron chi connectivity index (χ3n) is 6.56. The van der Waals surface area contributed by atoms with Gasteiger partial charge in [-0.25, -0.2) is 19.4 Å². The first kappa shape index (κ1) is 26.5. The molecule has 8 heteroatoms. The third-order valence-corrected chi connectivity index (χ3v) is 7.59. The number of benzene rings is 1. The Morgan fingerprint density at radius 3 is 2.51 bits per heavy atom. The lowest BCUT2D eigenvalue weighted by molar-refractivity contribution is 0.363. The second kappa shape index (κ2) is 12.1. The highest BCUT2D eigenvalue weighted by Crippen LogP contribution is 2.37. The fraction of sp³-hybridized carbons (Fsp3) is 0.379. The van der Waals surface area contributed by atoms with E-state index in [0.29, 0.717) is 33.4 Å². The summed E-state index contributed by atoms with van der Waals surface area (Å²) >= 11 is 1.30. The number of nitrogens with zero attached hydrogens (tertiary/aromatic N) is 6. The summed E-state index contributed by atoms with van der Waals surface area (Å²) in [6.07, 6.45) is 10.9. The molecule has 0 atom stereocenters. The van der Waals surface area contributed by atoms with Crippen molar-refractivity contribution in [2.45, 2.75) is 52.4 Å². The molecule has 0 N–H and O–H groups in total. The molecule has 2 aliphatic rings. The van der Waals surface area contributed by atoms with Crippen LogP contribution in [0.5, 0.6) is 0 Å². The van der Waals surface area contributed by atoms with Crippen molar-refractivity contribution in [3.63, 3.8) is 0 Å². The average Bonchev–Trinajstić information content (AvgIpc) is 3.45. The number of hydrogen-bond donors (Lipinski definition) is 0. The van der Waals surface area contributed by atoms with Crippen LogP contribution in [0.15, 0.2) is 70.1 Å². The molecule has 2 aliphatic heterocycles. The molecule has 192 valence electrons. The highest BCUT2D eigenvalue weighted by molar-refractivity contribution is 7.16. The van der Waals surface area contributed by atoms with Crippen LogP contribution in [0, 0.1) is 17.1 Å². The molecule has 0 amide bonds. The zero-order chi connectivity index (χ0) is 26.4. The van der Waals surface area contributed by atoms with Gasteiger partial charge in [0.1, 0.15) is 34.0 Å². The Balaban J connectivity index is 1.77. The van der Waals surface area contributed by atoms with E-state index < -0.39 is 0 Å². The first-order chi connectivity index (χ1) is 18.0. The molecule has 0 saturated carbocycles. The largest absolute Gasteiger partial charge is 0.357 e. The van der Waals surface area contributed by atoms with E-state index in [9.17, 15) is 9.65 Å². The maximum absolute atomic E-state index is 13.5. The van der Waals surface area contributed by atoms with Gasteiger partial charge < -0.3 is 9.80 Å². The number of thiazole rings is 1. The van der Waals surface area contributed by atoms with Crippen LogP contribution in [0.25, 0.3) is 11.3 Å². The summed E-state index contributed by atoms with van der Waals surface area (Å²) in [5, 5.41) is 10.4. The van der Waals surface area contributed by atoms with Crippen molar-refractivity contribution >= 4 is 28.0 Å². The SMILES string of the molecule is C=C1N=C(CC)C(N(C)c2nc(-c3ccc(F)cc3)c(C#N)s2)=C1N=C(/C=C\C)N1CCCCCCC1. The summed E-state index contributed by atoms with van der Waals surface area (Å²) in [4.78, 5) is 19.5. The van der Waals surface area contributed by atoms with Gasteiger partial charge in [0.2, 0.25) is 0 Å². The van der Waals surface area contributed by atoms with E-state index in [-0.39, 0.29) is 5.82 Å². The Hall–Kier alpha value is -3.57. The summed E-state index contributed by atoms with van der Waals surface area (Å²) in [5.41, 5.74) is 4.34. The van der Waals surface area contributed by atoms with E-state index >= 15 is 0 Å². The number of anilines is 1. The molecule has 37 heavy (non-hydrogen) atoms. The second-order valence-electron chi connectivity index (χ2n) is 9.13. The third kappa shape index (κ3) is 5.89. The smallest absolute Gasteiger partial charge is 0.191 e. The number of likely N-dealkylation sites (tertiary alicyclic amines) is 1. The molecule has 2 aromatic rings. The van der Waals surface area contributed by atoms with Gasteiger partial charge in [-0.05, 0) is 56.5 Å². The van der Waals surface area contributed by atoms with Crippen molar-refractivity contribution in [3.8, 4) is 17.3 Å². The average molecular weight is 517 g/mol. The zero-order valence-electron chi connectivity index (χ0n) is 21.8. The quantitative estimate of drug-likeness (QED) is 0.304. The van der Waals surface area contributed by atoms with Crippen LogP contribution < -0.4 is 4.90 Å². The van der Waals surface area contributed by atoms with Gasteiger partial charge in [-0.1, -0.05) is 50.2 Å². The molecule has 0 radical (unpaired) electrons. The van der Waals surface area contributed by atoms with Gasteiger partial charge >= 0.3 is 0 Å². The summed E-state index contributed by atoms with van der Waals surface area (Å²) in [6.45, 7) is 10.2. The number of hydrogen-bond acceptors (Lipinski definition) is 6. The lowest BCUT2D eigenvalue weighted by Gasteiger charge is -2.27. The first-order valence-electron chi connectivity index (χ1n) is 12.8. The van der Waals surface area contributed by atoms with Crippen molar-refractivity contribution in [1.29, 1.82) is 5.26 Å². The van der Waals surface area contributed by atoms with E-state index in [4.69, 9.17) is 15.0 Å². The molecule has 0 unspecified atom stereocenters. The van der Waals surface area contributed by atoms with Crippen LogP contribution in [0.1, 0.15) is 57.2 Å². The summed E-state index contributed by atoms with van der Waals surface area (Å²) in [5.74, 6) is 0.593. The van der Waals surface area contributed by atoms with E-state index in [1.54, 1.807) is 12.1 Å². The van der Waals surface area contributed by atoms with Gasteiger partial charge in [0, 0.05) is 25.7 Å². The monoisotopic (exact) mass is 516 g/mol. The Morgan fingerprint density at radius 1 is 1.22 bits per heavy atom. The number of aromatic nitrogens is 1. The minimum Gasteiger partial charge on any atom is -0.357 e. The number of aliphatic imine (C=N–C) groups is 2. The predicted octanol–water partition coefficient (Wildman–Crippen LogP) is 7.09. The van der Waals surface area contributed by atoms with Crippen LogP contribution in [0.2, 0.25) is 0 Å². The summed E-state index contributed by atoms with van der Waals surface area (Å²) < 4.78 is 13.5. The Morgan fingerprint density at radius 2 is 1.89 bits per heavy atom. The number of amidine groups is 1. The topological polar surface area (TPSA) is 67.9 Å². The van der Waals surface area contributed by atoms with E-state index in [1.165, 1.54) is 42.7 Å². The van der Waals surface area contributed by atoms with Gasteiger partial charge in [0.25, 0.3) is 0 Å². The molecule has 3 heterocycles. The van der Waals surface area contributed by atoms with E-state index in [0.717, 1.165) is 48.9 Å². The fourth-order valence-electron chi connectivity index (χ4n) is 4.64. The van der Waals surface area contributed by atoms with Crippen LogP contribution in [-0.4, -0.2) is 41.6 Å². The van der Waals surface area contributed by atoms with Gasteiger partial charge in [0.15, 0.2) is 5.13 Å².